The molecule has 0 aliphatic rings. The lowest BCUT2D eigenvalue weighted by atomic mass is 10.2. The number of benzene rings is 1. The number of nitrogens with one attached hydrogen (secondary N) is 1. The molecule has 0 atom stereocenters. The highest BCUT2D eigenvalue weighted by molar-refractivity contribution is 5.62. The van der Waals surface area contributed by atoms with Gasteiger partial charge in [0.05, 0.1) is 18.1 Å². The molecule has 0 saturated carbocycles. The van der Waals surface area contributed by atoms with Crippen molar-refractivity contribution in [3.05, 3.63) is 33.9 Å². The van der Waals surface area contributed by atoms with E-state index >= 15 is 0 Å². The summed E-state index contributed by atoms with van der Waals surface area (Å²) in [6.07, 6.45) is 0.786. The fourth-order valence-corrected chi connectivity index (χ4v) is 1.58. The van der Waals surface area contributed by atoms with Gasteiger partial charge in [0, 0.05) is 26.3 Å². The molecule has 19 heavy (non-hydrogen) atoms. The summed E-state index contributed by atoms with van der Waals surface area (Å²) in [5.41, 5.74) is 1.54. The molecular weight excluding hydrogens is 248 g/mol. The Morgan fingerprint density at radius 3 is 2.79 bits per heavy atom. The third-order valence-corrected chi connectivity index (χ3v) is 2.56. The Morgan fingerprint density at radius 2 is 2.11 bits per heavy atom. The van der Waals surface area contributed by atoms with Crippen molar-refractivity contribution in [1.29, 1.82) is 0 Å². The summed E-state index contributed by atoms with van der Waals surface area (Å²) in [5, 5.41) is 14.0. The van der Waals surface area contributed by atoms with Crippen LogP contribution in [0.2, 0.25) is 0 Å². The summed E-state index contributed by atoms with van der Waals surface area (Å²) in [6.45, 7) is 4.23. The summed E-state index contributed by atoms with van der Waals surface area (Å²) in [6, 6.07) is 5.15. The second-order valence-electron chi connectivity index (χ2n) is 4.16. The highest BCUT2D eigenvalue weighted by atomic mass is 16.6. The number of ether oxygens (including phenoxy) is 2. The van der Waals surface area contributed by atoms with Crippen molar-refractivity contribution in [2.45, 2.75) is 13.3 Å². The lowest BCUT2D eigenvalue weighted by Gasteiger charge is -2.08. The first kappa shape index (κ1) is 15.4. The summed E-state index contributed by atoms with van der Waals surface area (Å²) >= 11 is 0. The van der Waals surface area contributed by atoms with E-state index in [1.165, 1.54) is 0 Å². The Bertz CT molecular complexity index is 410. The van der Waals surface area contributed by atoms with E-state index in [2.05, 4.69) is 5.32 Å². The van der Waals surface area contributed by atoms with E-state index in [0.717, 1.165) is 12.0 Å². The van der Waals surface area contributed by atoms with E-state index in [4.69, 9.17) is 9.47 Å². The smallest absolute Gasteiger partial charge is 0.292 e. The van der Waals surface area contributed by atoms with Crippen LogP contribution in [0.1, 0.15) is 12.0 Å². The quantitative estimate of drug-likeness (QED) is 0.423. The molecule has 0 saturated heterocycles. The molecule has 0 spiro atoms. The van der Waals surface area contributed by atoms with Crippen molar-refractivity contribution < 1.29 is 14.4 Å². The van der Waals surface area contributed by atoms with Crippen LogP contribution in [0, 0.1) is 17.0 Å². The Labute approximate surface area is 112 Å². The predicted octanol–water partition coefficient (Wildman–Crippen LogP) is 2.37. The van der Waals surface area contributed by atoms with Gasteiger partial charge in [0.1, 0.15) is 5.69 Å². The van der Waals surface area contributed by atoms with Crippen molar-refractivity contribution in [3.8, 4) is 0 Å². The molecule has 1 aromatic carbocycles. The predicted molar refractivity (Wildman–Crippen MR) is 73.6 cm³/mol. The number of nitrogens with zero attached hydrogens (tertiary/aromatic N) is 1. The number of hydrogen-bond donors (Lipinski definition) is 1. The molecule has 0 amide bonds. The molecule has 0 aromatic heterocycles. The number of anilines is 1. The van der Waals surface area contributed by atoms with E-state index in [0.29, 0.717) is 32.1 Å². The minimum absolute atomic E-state index is 0.111. The Morgan fingerprint density at radius 1 is 1.32 bits per heavy atom. The minimum atomic E-state index is -0.371. The van der Waals surface area contributed by atoms with Gasteiger partial charge >= 0.3 is 0 Å². The van der Waals surface area contributed by atoms with Crippen molar-refractivity contribution in [2.24, 2.45) is 0 Å². The molecule has 1 aromatic rings. The first-order chi connectivity index (χ1) is 9.15. The zero-order valence-electron chi connectivity index (χ0n) is 11.3. The number of nitro benzene ring substituents is 1. The molecule has 0 bridgehead atoms. The molecule has 6 nitrogen and oxygen atoms in total. The molecule has 0 fully saturated rings. The van der Waals surface area contributed by atoms with Crippen LogP contribution in [0.15, 0.2) is 18.2 Å². The van der Waals surface area contributed by atoms with Crippen LogP contribution in [0.4, 0.5) is 11.4 Å². The third kappa shape index (κ3) is 5.67. The summed E-state index contributed by atoms with van der Waals surface area (Å²) in [7, 11) is 1.63. The molecule has 1 N–H and O–H groups in total. The first-order valence-electron chi connectivity index (χ1n) is 6.20. The monoisotopic (exact) mass is 268 g/mol. The fraction of sp³-hybridized carbons (Fsp3) is 0.538. The van der Waals surface area contributed by atoms with Crippen molar-refractivity contribution in [3.63, 3.8) is 0 Å². The number of aryl methyl sites for hydroxylation is 1. The van der Waals surface area contributed by atoms with Gasteiger partial charge in [-0.15, -0.1) is 0 Å². The molecule has 6 heteroatoms. The van der Waals surface area contributed by atoms with Gasteiger partial charge in [-0.1, -0.05) is 6.07 Å². The maximum absolute atomic E-state index is 10.9. The van der Waals surface area contributed by atoms with Gasteiger partial charge in [-0.25, -0.2) is 0 Å². The van der Waals surface area contributed by atoms with Crippen LogP contribution >= 0.6 is 0 Å². The van der Waals surface area contributed by atoms with Gasteiger partial charge in [-0.05, 0) is 25.0 Å². The van der Waals surface area contributed by atoms with Crippen LogP contribution in [-0.4, -0.2) is 38.4 Å². The van der Waals surface area contributed by atoms with Gasteiger partial charge in [0.25, 0.3) is 5.69 Å². The molecule has 1 rings (SSSR count). The van der Waals surface area contributed by atoms with Crippen LogP contribution in [0.3, 0.4) is 0 Å². The topological polar surface area (TPSA) is 73.6 Å². The molecule has 106 valence electrons. The van der Waals surface area contributed by atoms with Gasteiger partial charge in [0.2, 0.25) is 0 Å². The maximum Gasteiger partial charge on any atom is 0.292 e. The summed E-state index contributed by atoms with van der Waals surface area (Å²) in [4.78, 5) is 10.5. The van der Waals surface area contributed by atoms with Crippen LogP contribution in [0.25, 0.3) is 0 Å². The molecule has 0 aliphatic heterocycles. The summed E-state index contributed by atoms with van der Waals surface area (Å²) < 4.78 is 10.2. The largest absolute Gasteiger partial charge is 0.382 e. The third-order valence-electron chi connectivity index (χ3n) is 2.56. The molecule has 0 aliphatic carbocycles. The minimum Gasteiger partial charge on any atom is -0.382 e. The average Bonchev–Trinajstić information content (AvgIpc) is 2.39. The van der Waals surface area contributed by atoms with Crippen molar-refractivity contribution in [1.82, 2.24) is 0 Å². The normalized spacial score (nSPS) is 10.4. The average molecular weight is 268 g/mol. The van der Waals surface area contributed by atoms with Crippen LogP contribution in [0.5, 0.6) is 0 Å². The van der Waals surface area contributed by atoms with E-state index < -0.39 is 0 Å². The van der Waals surface area contributed by atoms with E-state index in [9.17, 15) is 10.1 Å². The fourth-order valence-electron chi connectivity index (χ4n) is 1.58. The SMILES string of the molecule is COCCOCCCNc1ccc(C)cc1[N+](=O)[O-]. The van der Waals surface area contributed by atoms with E-state index in [-0.39, 0.29) is 10.6 Å². The number of rotatable bonds is 9. The summed E-state index contributed by atoms with van der Waals surface area (Å²) in [5.74, 6) is 0. The van der Waals surface area contributed by atoms with Crippen molar-refractivity contribution in [2.75, 3.05) is 38.8 Å². The number of hydrogen-bond acceptors (Lipinski definition) is 5. The zero-order valence-corrected chi connectivity index (χ0v) is 11.3. The second-order valence-corrected chi connectivity index (χ2v) is 4.16. The number of nitro groups is 1. The molecule has 0 heterocycles. The first-order valence-corrected chi connectivity index (χ1v) is 6.20. The van der Waals surface area contributed by atoms with Gasteiger partial charge < -0.3 is 14.8 Å². The maximum atomic E-state index is 10.9. The highest BCUT2D eigenvalue weighted by Gasteiger charge is 2.12. The highest BCUT2D eigenvalue weighted by Crippen LogP contribution is 2.24. The van der Waals surface area contributed by atoms with Crippen molar-refractivity contribution >= 4 is 11.4 Å². The van der Waals surface area contributed by atoms with Gasteiger partial charge in [-0.2, -0.15) is 0 Å². The second kappa shape index (κ2) is 8.44. The molecule has 0 radical (unpaired) electrons. The van der Waals surface area contributed by atoms with Gasteiger partial charge in [-0.3, -0.25) is 10.1 Å². The van der Waals surface area contributed by atoms with E-state index in [1.807, 2.05) is 13.0 Å². The Balaban J connectivity index is 2.35. The molecular formula is C13H20N2O4. The van der Waals surface area contributed by atoms with Crippen LogP contribution < -0.4 is 5.32 Å². The lowest BCUT2D eigenvalue weighted by molar-refractivity contribution is -0.384. The Hall–Kier alpha value is -1.66. The number of methoxy groups -OCH3 is 1. The standard InChI is InChI=1S/C13H20N2O4/c1-11-4-5-12(13(10-11)15(16)17)14-6-3-7-19-9-8-18-2/h4-5,10,14H,3,6-9H2,1-2H3. The van der Waals surface area contributed by atoms with Crippen LogP contribution in [-0.2, 0) is 9.47 Å². The van der Waals surface area contributed by atoms with Gasteiger partial charge in [0.15, 0.2) is 0 Å². The lowest BCUT2D eigenvalue weighted by Crippen LogP contribution is -2.09. The van der Waals surface area contributed by atoms with E-state index in [1.54, 1.807) is 19.2 Å². The molecule has 0 unspecified atom stereocenters. The Kier molecular flexibility index (Phi) is 6.84. The zero-order chi connectivity index (χ0) is 14.1.